The fourth-order valence-electron chi connectivity index (χ4n) is 5.23. The Morgan fingerprint density at radius 3 is 1.77 bits per heavy atom. The van der Waals surface area contributed by atoms with Gasteiger partial charge in [0.1, 0.15) is 0 Å². The van der Waals surface area contributed by atoms with Crippen molar-refractivity contribution in [2.75, 3.05) is 39.5 Å². The van der Waals surface area contributed by atoms with Crippen LogP contribution in [0.5, 0.6) is 0 Å². The van der Waals surface area contributed by atoms with E-state index in [2.05, 4.69) is 27.7 Å². The number of nitrogens with zero attached hydrogens (tertiary/aromatic N) is 1. The molecule has 7 unspecified atom stereocenters. The highest BCUT2D eigenvalue weighted by Crippen LogP contribution is 2.21. The number of carbonyl (C=O) groups is 2. The molecule has 8 heteroatoms. The van der Waals surface area contributed by atoms with Gasteiger partial charge >= 0.3 is 11.9 Å². The van der Waals surface area contributed by atoms with Gasteiger partial charge in [-0.1, -0.05) is 99.8 Å². The van der Waals surface area contributed by atoms with Crippen molar-refractivity contribution in [3.05, 3.63) is 0 Å². The Morgan fingerprint density at radius 2 is 1.23 bits per heavy atom. The molecule has 3 N–H and O–H groups in total. The quantitative estimate of drug-likeness (QED) is 0.0686. The molecule has 0 aliphatic carbocycles. The number of aliphatic hydroxyl groups excluding tert-OH is 3. The second kappa shape index (κ2) is 26.0. The lowest BCUT2D eigenvalue weighted by atomic mass is 9.90. The lowest BCUT2D eigenvalue weighted by molar-refractivity contribution is -0.151. The molecule has 256 valence electrons. The fraction of sp³-hybridized carbons (Fsp3) is 0.943. The van der Waals surface area contributed by atoms with E-state index in [-0.39, 0.29) is 49.9 Å². The number of hydrogen-bond acceptors (Lipinski definition) is 8. The summed E-state index contributed by atoms with van der Waals surface area (Å²) in [7, 11) is 0. The predicted molar refractivity (Wildman–Crippen MR) is 175 cm³/mol. The molecule has 0 aliphatic heterocycles. The molecule has 0 amide bonds. The molecule has 8 nitrogen and oxygen atoms in total. The Kier molecular flexibility index (Phi) is 25.3. The van der Waals surface area contributed by atoms with Gasteiger partial charge in [-0.3, -0.25) is 14.5 Å². The molecule has 0 rings (SSSR count). The van der Waals surface area contributed by atoms with Crippen LogP contribution < -0.4 is 0 Å². The molecular formula is C35H69NO7. The summed E-state index contributed by atoms with van der Waals surface area (Å²) in [5, 5.41) is 31.2. The first-order valence-corrected chi connectivity index (χ1v) is 17.5. The zero-order valence-corrected chi connectivity index (χ0v) is 28.9. The molecule has 0 fully saturated rings. The average Bonchev–Trinajstić information content (AvgIpc) is 2.96. The lowest BCUT2D eigenvalue weighted by Crippen LogP contribution is -2.44. The second-order valence-corrected chi connectivity index (χ2v) is 13.3. The van der Waals surface area contributed by atoms with Crippen LogP contribution in [0.25, 0.3) is 0 Å². The van der Waals surface area contributed by atoms with E-state index in [9.17, 15) is 24.9 Å². The number of unbranched alkanes of at least 4 members (excludes halogenated alkanes) is 5. The van der Waals surface area contributed by atoms with E-state index in [4.69, 9.17) is 9.47 Å². The minimum atomic E-state index is -0.795. The van der Waals surface area contributed by atoms with Gasteiger partial charge in [0.15, 0.2) is 0 Å². The molecule has 0 saturated carbocycles. The summed E-state index contributed by atoms with van der Waals surface area (Å²) in [4.78, 5) is 27.1. The van der Waals surface area contributed by atoms with Crippen molar-refractivity contribution < 1.29 is 34.4 Å². The van der Waals surface area contributed by atoms with Gasteiger partial charge in [0.2, 0.25) is 0 Å². The van der Waals surface area contributed by atoms with Crippen LogP contribution in [0.15, 0.2) is 0 Å². The van der Waals surface area contributed by atoms with Crippen molar-refractivity contribution in [1.82, 2.24) is 4.90 Å². The highest BCUT2D eigenvalue weighted by molar-refractivity contribution is 5.72. The molecule has 0 aromatic heterocycles. The van der Waals surface area contributed by atoms with Gasteiger partial charge in [-0.15, -0.1) is 0 Å². The third kappa shape index (κ3) is 21.2. The molecule has 0 aliphatic rings. The van der Waals surface area contributed by atoms with Crippen LogP contribution in [0.1, 0.15) is 132 Å². The topological polar surface area (TPSA) is 117 Å². The highest BCUT2D eigenvalue weighted by atomic mass is 16.5. The van der Waals surface area contributed by atoms with Gasteiger partial charge in [-0.2, -0.15) is 0 Å². The number of ether oxygens (including phenoxy) is 2. The van der Waals surface area contributed by atoms with Gasteiger partial charge in [0, 0.05) is 19.7 Å². The third-order valence-electron chi connectivity index (χ3n) is 9.02. The molecule has 0 bridgehead atoms. The number of esters is 2. The van der Waals surface area contributed by atoms with Gasteiger partial charge in [0.05, 0.1) is 37.8 Å². The van der Waals surface area contributed by atoms with E-state index in [0.29, 0.717) is 44.4 Å². The van der Waals surface area contributed by atoms with Crippen LogP contribution in [-0.2, 0) is 19.1 Å². The van der Waals surface area contributed by atoms with Gasteiger partial charge in [0.25, 0.3) is 0 Å². The molecule has 0 aromatic rings. The minimum absolute atomic E-state index is 0.0783. The van der Waals surface area contributed by atoms with Crippen molar-refractivity contribution in [1.29, 1.82) is 0 Å². The summed E-state index contributed by atoms with van der Waals surface area (Å²) < 4.78 is 11.0. The first-order chi connectivity index (χ1) is 20.5. The maximum absolute atomic E-state index is 12.7. The van der Waals surface area contributed by atoms with E-state index in [0.717, 1.165) is 25.7 Å². The van der Waals surface area contributed by atoms with Gasteiger partial charge < -0.3 is 24.8 Å². The molecule has 0 radical (unpaired) electrons. The largest absolute Gasteiger partial charge is 0.466 e. The molecule has 43 heavy (non-hydrogen) atoms. The maximum atomic E-state index is 12.7. The zero-order valence-electron chi connectivity index (χ0n) is 28.9. The SMILES string of the molecule is CCCCCC(C)CCOC(=O)CC(C)C(O)CN(CCCCO)CC(O)C(C)C(C)C(=O)OCCC(C)CCCCC. The Balaban J connectivity index is 4.77. The van der Waals surface area contributed by atoms with Gasteiger partial charge in [-0.25, -0.2) is 0 Å². The Hall–Kier alpha value is -1.22. The van der Waals surface area contributed by atoms with E-state index in [1.54, 1.807) is 6.92 Å². The van der Waals surface area contributed by atoms with Crippen molar-refractivity contribution in [3.63, 3.8) is 0 Å². The standard InChI is InChI=1S/C35H69NO7/c1-8-10-12-16-27(3)18-22-42-34(40)24-29(5)32(38)25-36(20-14-15-21-37)26-33(39)30(6)31(7)35(41)43-23-19-28(4)17-13-11-9-2/h27-33,37-39H,8-26H2,1-7H3. The predicted octanol–water partition coefficient (Wildman–Crippen LogP) is 6.38. The number of aliphatic hydroxyl groups is 3. The average molecular weight is 616 g/mol. The number of carbonyl (C=O) groups excluding carboxylic acids is 2. The highest BCUT2D eigenvalue weighted by Gasteiger charge is 2.30. The van der Waals surface area contributed by atoms with Crippen LogP contribution in [0.4, 0.5) is 0 Å². The maximum Gasteiger partial charge on any atom is 0.309 e. The molecule has 0 saturated heterocycles. The van der Waals surface area contributed by atoms with E-state index in [1.807, 2.05) is 18.7 Å². The first kappa shape index (κ1) is 41.8. The smallest absolute Gasteiger partial charge is 0.309 e. The lowest BCUT2D eigenvalue weighted by Gasteiger charge is -2.32. The first-order valence-electron chi connectivity index (χ1n) is 17.5. The minimum Gasteiger partial charge on any atom is -0.466 e. The summed E-state index contributed by atoms with van der Waals surface area (Å²) in [6.45, 7) is 16.3. The zero-order chi connectivity index (χ0) is 32.6. The summed E-state index contributed by atoms with van der Waals surface area (Å²) in [5.41, 5.74) is 0. The van der Waals surface area contributed by atoms with Crippen molar-refractivity contribution in [2.45, 2.75) is 144 Å². The molecule has 7 atom stereocenters. The summed E-state index contributed by atoms with van der Waals surface area (Å²) in [6.07, 6.45) is 11.2. The molecular weight excluding hydrogens is 546 g/mol. The van der Waals surface area contributed by atoms with Crippen LogP contribution >= 0.6 is 0 Å². The Labute approximate surface area is 264 Å². The van der Waals surface area contributed by atoms with Crippen molar-refractivity contribution >= 4 is 11.9 Å². The monoisotopic (exact) mass is 616 g/mol. The van der Waals surface area contributed by atoms with E-state index in [1.165, 1.54) is 38.5 Å². The number of hydrogen-bond donors (Lipinski definition) is 3. The molecule has 0 aromatic carbocycles. The van der Waals surface area contributed by atoms with E-state index >= 15 is 0 Å². The second-order valence-electron chi connectivity index (χ2n) is 13.3. The Bertz CT molecular complexity index is 691. The van der Waals surface area contributed by atoms with Crippen LogP contribution in [0, 0.1) is 29.6 Å². The summed E-state index contributed by atoms with van der Waals surface area (Å²) in [5.74, 6) is -0.636. The number of rotatable bonds is 28. The third-order valence-corrected chi connectivity index (χ3v) is 9.02. The van der Waals surface area contributed by atoms with Crippen LogP contribution in [-0.4, -0.2) is 83.8 Å². The fourth-order valence-corrected chi connectivity index (χ4v) is 5.23. The molecule has 0 heterocycles. The van der Waals surface area contributed by atoms with Crippen molar-refractivity contribution in [3.8, 4) is 0 Å². The van der Waals surface area contributed by atoms with Crippen molar-refractivity contribution in [2.24, 2.45) is 29.6 Å². The Morgan fingerprint density at radius 1 is 0.698 bits per heavy atom. The summed E-state index contributed by atoms with van der Waals surface area (Å²) in [6, 6.07) is 0. The normalized spacial score (nSPS) is 16.7. The van der Waals surface area contributed by atoms with Gasteiger partial charge in [-0.05, 0) is 55.9 Å². The van der Waals surface area contributed by atoms with Crippen LogP contribution in [0.3, 0.4) is 0 Å². The summed E-state index contributed by atoms with van der Waals surface area (Å²) >= 11 is 0. The molecule has 0 spiro atoms. The van der Waals surface area contributed by atoms with Crippen LogP contribution in [0.2, 0.25) is 0 Å². The van der Waals surface area contributed by atoms with E-state index < -0.39 is 18.1 Å².